The van der Waals surface area contributed by atoms with Gasteiger partial charge < -0.3 is 9.47 Å². The summed E-state index contributed by atoms with van der Waals surface area (Å²) in [5.74, 6) is 0.768. The van der Waals surface area contributed by atoms with E-state index in [4.69, 9.17) is 9.47 Å². The zero-order valence-corrected chi connectivity index (χ0v) is 11.4. The van der Waals surface area contributed by atoms with Crippen LogP contribution in [0.3, 0.4) is 0 Å². The molecule has 0 unspecified atom stereocenters. The number of ketones is 1. The number of pyridine rings is 1. The van der Waals surface area contributed by atoms with Gasteiger partial charge in [0, 0.05) is 13.0 Å². The van der Waals surface area contributed by atoms with E-state index >= 15 is 0 Å². The largest absolute Gasteiger partial charge is 0.490 e. The SMILES string of the molecule is COCCOc1ccc2c(C(=O)C(C)C)cnn2c1. The van der Waals surface area contributed by atoms with E-state index in [1.54, 1.807) is 24.0 Å². The van der Waals surface area contributed by atoms with Gasteiger partial charge in [0.25, 0.3) is 0 Å². The highest BCUT2D eigenvalue weighted by Gasteiger charge is 2.15. The van der Waals surface area contributed by atoms with Crippen LogP contribution < -0.4 is 4.74 Å². The van der Waals surface area contributed by atoms with Crippen molar-refractivity contribution in [2.45, 2.75) is 13.8 Å². The number of Topliss-reactive ketones (excluding diaryl/α,β-unsaturated/α-hetero) is 1. The molecular formula is C14H18N2O3. The molecule has 0 radical (unpaired) electrons. The van der Waals surface area contributed by atoms with Crippen LogP contribution in [0.5, 0.6) is 5.75 Å². The van der Waals surface area contributed by atoms with Gasteiger partial charge in [-0.15, -0.1) is 0 Å². The van der Waals surface area contributed by atoms with Crippen molar-refractivity contribution in [3.8, 4) is 5.75 Å². The van der Waals surface area contributed by atoms with Crippen LogP contribution in [-0.4, -0.2) is 35.7 Å². The minimum atomic E-state index is -0.0365. The summed E-state index contributed by atoms with van der Waals surface area (Å²) in [6.45, 7) is 4.79. The van der Waals surface area contributed by atoms with Gasteiger partial charge in [0.2, 0.25) is 0 Å². The molecule has 5 nitrogen and oxygen atoms in total. The number of ether oxygens (including phenoxy) is 2. The number of carbonyl (C=O) groups is 1. The Morgan fingerprint density at radius 3 is 2.84 bits per heavy atom. The second kappa shape index (κ2) is 5.84. The first kappa shape index (κ1) is 13.5. The van der Waals surface area contributed by atoms with Gasteiger partial charge >= 0.3 is 0 Å². The summed E-state index contributed by atoms with van der Waals surface area (Å²) < 4.78 is 12.1. The summed E-state index contributed by atoms with van der Waals surface area (Å²) in [6.07, 6.45) is 3.37. The second-order valence-corrected chi connectivity index (χ2v) is 4.61. The zero-order valence-electron chi connectivity index (χ0n) is 11.4. The number of carbonyl (C=O) groups excluding carboxylic acids is 1. The highest BCUT2D eigenvalue weighted by molar-refractivity contribution is 6.03. The maximum absolute atomic E-state index is 12.0. The molecule has 0 N–H and O–H groups in total. The van der Waals surface area contributed by atoms with Crippen molar-refractivity contribution in [3.05, 3.63) is 30.1 Å². The Balaban J connectivity index is 2.24. The van der Waals surface area contributed by atoms with Crippen LogP contribution in [0.15, 0.2) is 24.5 Å². The highest BCUT2D eigenvalue weighted by atomic mass is 16.5. The third-order valence-corrected chi connectivity index (χ3v) is 2.84. The molecule has 19 heavy (non-hydrogen) atoms. The lowest BCUT2D eigenvalue weighted by atomic mass is 10.0. The second-order valence-electron chi connectivity index (χ2n) is 4.61. The molecule has 5 heteroatoms. The number of hydrogen-bond donors (Lipinski definition) is 0. The predicted molar refractivity (Wildman–Crippen MR) is 71.7 cm³/mol. The van der Waals surface area contributed by atoms with Crippen LogP contribution >= 0.6 is 0 Å². The predicted octanol–water partition coefficient (Wildman–Crippen LogP) is 2.20. The number of rotatable bonds is 6. The minimum absolute atomic E-state index is 0.0365. The molecule has 0 amide bonds. The van der Waals surface area contributed by atoms with Crippen LogP contribution in [0.1, 0.15) is 24.2 Å². The monoisotopic (exact) mass is 262 g/mol. The fraction of sp³-hybridized carbons (Fsp3) is 0.429. The molecular weight excluding hydrogens is 244 g/mol. The molecule has 0 atom stereocenters. The number of fused-ring (bicyclic) bond motifs is 1. The molecule has 0 aliphatic heterocycles. The van der Waals surface area contributed by atoms with Crippen LogP contribution in [0.2, 0.25) is 0 Å². The molecule has 2 aromatic heterocycles. The van der Waals surface area contributed by atoms with E-state index in [1.807, 2.05) is 26.0 Å². The fourth-order valence-electron chi connectivity index (χ4n) is 1.79. The maximum Gasteiger partial charge on any atom is 0.169 e. The first-order valence-corrected chi connectivity index (χ1v) is 6.27. The molecule has 0 aromatic carbocycles. The average molecular weight is 262 g/mol. The summed E-state index contributed by atoms with van der Waals surface area (Å²) in [6, 6.07) is 3.69. The van der Waals surface area contributed by atoms with Gasteiger partial charge in [0.05, 0.1) is 30.1 Å². The van der Waals surface area contributed by atoms with Crippen molar-refractivity contribution in [2.24, 2.45) is 5.92 Å². The van der Waals surface area contributed by atoms with Crippen LogP contribution in [0, 0.1) is 5.92 Å². The minimum Gasteiger partial charge on any atom is -0.490 e. The molecule has 0 aliphatic carbocycles. The van der Waals surface area contributed by atoms with Crippen LogP contribution in [0.25, 0.3) is 5.52 Å². The number of aromatic nitrogens is 2. The Morgan fingerprint density at radius 2 is 2.16 bits per heavy atom. The Morgan fingerprint density at radius 1 is 1.37 bits per heavy atom. The van der Waals surface area contributed by atoms with Gasteiger partial charge in [-0.05, 0) is 12.1 Å². The van der Waals surface area contributed by atoms with Gasteiger partial charge in [0.15, 0.2) is 5.78 Å². The smallest absolute Gasteiger partial charge is 0.169 e. The van der Waals surface area contributed by atoms with Gasteiger partial charge in [-0.2, -0.15) is 5.10 Å². The van der Waals surface area contributed by atoms with E-state index in [0.29, 0.717) is 24.5 Å². The van der Waals surface area contributed by atoms with Crippen molar-refractivity contribution in [1.82, 2.24) is 9.61 Å². The first-order valence-electron chi connectivity index (χ1n) is 6.27. The molecule has 0 saturated heterocycles. The van der Waals surface area contributed by atoms with Crippen molar-refractivity contribution < 1.29 is 14.3 Å². The zero-order chi connectivity index (χ0) is 13.8. The Labute approximate surface area is 112 Å². The highest BCUT2D eigenvalue weighted by Crippen LogP contribution is 2.19. The molecule has 2 rings (SSSR count). The summed E-state index contributed by atoms with van der Waals surface area (Å²) in [5.41, 5.74) is 1.45. The topological polar surface area (TPSA) is 52.8 Å². The van der Waals surface area contributed by atoms with E-state index in [9.17, 15) is 4.79 Å². The van der Waals surface area contributed by atoms with E-state index < -0.39 is 0 Å². The third kappa shape index (κ3) is 2.93. The molecule has 102 valence electrons. The molecule has 0 bridgehead atoms. The Bertz CT molecular complexity index is 575. The number of methoxy groups -OCH3 is 1. The quantitative estimate of drug-likeness (QED) is 0.591. The number of nitrogens with zero attached hydrogens (tertiary/aromatic N) is 2. The average Bonchev–Trinajstić information content (AvgIpc) is 2.81. The summed E-state index contributed by atoms with van der Waals surface area (Å²) in [7, 11) is 1.63. The van der Waals surface area contributed by atoms with E-state index in [-0.39, 0.29) is 11.7 Å². The van der Waals surface area contributed by atoms with Crippen LogP contribution in [0.4, 0.5) is 0 Å². The molecule has 2 heterocycles. The van der Waals surface area contributed by atoms with Crippen molar-refractivity contribution >= 4 is 11.3 Å². The number of hydrogen-bond acceptors (Lipinski definition) is 4. The van der Waals surface area contributed by atoms with Crippen molar-refractivity contribution in [3.63, 3.8) is 0 Å². The Hall–Kier alpha value is -1.88. The lowest BCUT2D eigenvalue weighted by Crippen LogP contribution is -2.07. The standard InChI is InChI=1S/C14H18N2O3/c1-10(2)14(17)12-8-15-16-9-11(4-5-13(12)16)19-7-6-18-3/h4-5,8-10H,6-7H2,1-3H3. The maximum atomic E-state index is 12.0. The summed E-state index contributed by atoms with van der Waals surface area (Å²) in [5, 5.41) is 4.20. The van der Waals surface area contributed by atoms with E-state index in [0.717, 1.165) is 5.52 Å². The Kier molecular flexibility index (Phi) is 4.16. The molecule has 2 aromatic rings. The normalized spacial score (nSPS) is 11.2. The molecule has 0 aliphatic rings. The summed E-state index contributed by atoms with van der Waals surface area (Å²) in [4.78, 5) is 12.0. The van der Waals surface area contributed by atoms with Gasteiger partial charge in [0.1, 0.15) is 12.4 Å². The van der Waals surface area contributed by atoms with Crippen molar-refractivity contribution in [1.29, 1.82) is 0 Å². The van der Waals surface area contributed by atoms with E-state index in [1.165, 1.54) is 0 Å². The molecule has 0 spiro atoms. The lowest BCUT2D eigenvalue weighted by molar-refractivity contribution is 0.0941. The van der Waals surface area contributed by atoms with Crippen molar-refractivity contribution in [2.75, 3.05) is 20.3 Å². The lowest BCUT2D eigenvalue weighted by Gasteiger charge is -2.06. The van der Waals surface area contributed by atoms with E-state index in [2.05, 4.69) is 5.10 Å². The first-order chi connectivity index (χ1) is 9.13. The van der Waals surface area contributed by atoms with Gasteiger partial charge in [-0.25, -0.2) is 4.52 Å². The molecule has 0 fully saturated rings. The molecule has 0 saturated carbocycles. The fourth-order valence-corrected chi connectivity index (χ4v) is 1.79. The van der Waals surface area contributed by atoms with Gasteiger partial charge in [-0.3, -0.25) is 4.79 Å². The third-order valence-electron chi connectivity index (χ3n) is 2.84. The van der Waals surface area contributed by atoms with Crippen LogP contribution in [-0.2, 0) is 4.74 Å². The summed E-state index contributed by atoms with van der Waals surface area (Å²) >= 11 is 0. The van der Waals surface area contributed by atoms with Gasteiger partial charge in [-0.1, -0.05) is 13.8 Å².